The number of fused-ring (bicyclic) bond motifs is 1. The van der Waals surface area contributed by atoms with Crippen LogP contribution in [0.15, 0.2) is 18.5 Å². The van der Waals surface area contributed by atoms with Gasteiger partial charge in [-0.15, -0.1) is 10.2 Å². The molecule has 4 heterocycles. The number of hydrogen-bond donors (Lipinski definition) is 1. The summed E-state index contributed by atoms with van der Waals surface area (Å²) in [5, 5.41) is 11.9. The van der Waals surface area contributed by atoms with Gasteiger partial charge in [-0.05, 0) is 19.3 Å². The predicted molar refractivity (Wildman–Crippen MR) is 117 cm³/mol. The molecule has 188 valence electrons. The summed E-state index contributed by atoms with van der Waals surface area (Å²) in [7, 11) is 3.11. The Kier molecular flexibility index (Phi) is 6.26. The summed E-state index contributed by atoms with van der Waals surface area (Å²) >= 11 is 0. The van der Waals surface area contributed by atoms with Crippen molar-refractivity contribution in [3.05, 3.63) is 29.8 Å². The van der Waals surface area contributed by atoms with Crippen molar-refractivity contribution < 1.29 is 32.1 Å². The molecule has 0 unspecified atom stereocenters. The molecule has 1 N–H and O–H groups in total. The van der Waals surface area contributed by atoms with E-state index in [1.807, 2.05) is 10.6 Å². The Balaban J connectivity index is 1.35. The summed E-state index contributed by atoms with van der Waals surface area (Å²) in [6.45, 7) is 0.467. The van der Waals surface area contributed by atoms with E-state index in [9.17, 15) is 13.2 Å². The van der Waals surface area contributed by atoms with Crippen LogP contribution in [0, 0.1) is 0 Å². The van der Waals surface area contributed by atoms with Gasteiger partial charge in [-0.3, -0.25) is 4.40 Å². The van der Waals surface area contributed by atoms with Gasteiger partial charge < -0.3 is 24.3 Å². The van der Waals surface area contributed by atoms with Crippen molar-refractivity contribution in [3.63, 3.8) is 0 Å². The van der Waals surface area contributed by atoms with Gasteiger partial charge in [0.15, 0.2) is 5.75 Å². The number of alkyl halides is 3. The largest absolute Gasteiger partial charge is 0.493 e. The quantitative estimate of drug-likeness (QED) is 0.529. The Morgan fingerprint density at radius 2 is 1.97 bits per heavy atom. The van der Waals surface area contributed by atoms with E-state index >= 15 is 0 Å². The van der Waals surface area contributed by atoms with Gasteiger partial charge in [-0.1, -0.05) is 6.42 Å². The van der Waals surface area contributed by atoms with Crippen LogP contribution in [0.2, 0.25) is 0 Å². The minimum atomic E-state index is -4.62. The highest BCUT2D eigenvalue weighted by molar-refractivity contribution is 5.61. The van der Waals surface area contributed by atoms with Gasteiger partial charge in [-0.25, -0.2) is 4.98 Å². The smallest absolute Gasteiger partial charge is 0.423 e. The molecule has 1 saturated carbocycles. The van der Waals surface area contributed by atoms with Crippen molar-refractivity contribution in [1.29, 1.82) is 0 Å². The maximum absolute atomic E-state index is 13.4. The summed E-state index contributed by atoms with van der Waals surface area (Å²) in [6, 6.07) is 1.74. The van der Waals surface area contributed by atoms with Crippen LogP contribution in [0.5, 0.6) is 17.4 Å². The van der Waals surface area contributed by atoms with Crippen LogP contribution in [0.3, 0.4) is 0 Å². The highest BCUT2D eigenvalue weighted by Gasteiger charge is 2.38. The minimum Gasteiger partial charge on any atom is -0.493 e. The van der Waals surface area contributed by atoms with Crippen LogP contribution in [0.4, 0.5) is 19.1 Å². The van der Waals surface area contributed by atoms with Crippen LogP contribution in [0.1, 0.15) is 43.0 Å². The van der Waals surface area contributed by atoms with E-state index in [0.717, 1.165) is 31.3 Å². The fraction of sp³-hybridized carbons (Fsp3) is 0.545. The first-order chi connectivity index (χ1) is 16.9. The number of pyridine rings is 1. The Morgan fingerprint density at radius 3 is 2.66 bits per heavy atom. The number of rotatable bonds is 7. The standard InChI is InChI=1S/C22H25F3N6O4/c1-32-16-6-7-31-18(29-30-19(31)17(16)33-2)12-4-3-5-13(8-12)27-21-26-9-15(22(23,24)25)20(28-21)35-14-10-34-11-14/h6-7,9,12-14H,3-5,8,10-11H2,1-2H3,(H,26,27,28)/t12-,13+/m0/s1. The second kappa shape index (κ2) is 9.36. The molecular formula is C22H25F3N6O4. The lowest BCUT2D eigenvalue weighted by Crippen LogP contribution is -2.39. The van der Waals surface area contributed by atoms with Crippen molar-refractivity contribution in [2.45, 2.75) is 49.9 Å². The maximum atomic E-state index is 13.4. The first-order valence-electron chi connectivity index (χ1n) is 11.3. The van der Waals surface area contributed by atoms with Gasteiger partial charge in [0.25, 0.3) is 0 Å². The average Bonchev–Trinajstić information content (AvgIpc) is 3.24. The number of anilines is 1. The van der Waals surface area contributed by atoms with Gasteiger partial charge in [0.05, 0.1) is 27.4 Å². The lowest BCUT2D eigenvalue weighted by Gasteiger charge is -2.30. The zero-order valence-corrected chi connectivity index (χ0v) is 19.2. The number of aromatic nitrogens is 5. The molecule has 3 aromatic rings. The molecule has 2 fully saturated rings. The molecule has 0 spiro atoms. The maximum Gasteiger partial charge on any atom is 0.423 e. The van der Waals surface area contributed by atoms with E-state index in [1.165, 1.54) is 0 Å². The van der Waals surface area contributed by atoms with Crippen molar-refractivity contribution >= 4 is 11.6 Å². The van der Waals surface area contributed by atoms with Crippen LogP contribution >= 0.6 is 0 Å². The number of nitrogens with one attached hydrogen (secondary N) is 1. The van der Waals surface area contributed by atoms with E-state index in [2.05, 4.69) is 25.5 Å². The fourth-order valence-corrected chi connectivity index (χ4v) is 4.46. The molecule has 0 bridgehead atoms. The molecule has 0 radical (unpaired) electrons. The Morgan fingerprint density at radius 1 is 1.14 bits per heavy atom. The number of halogens is 3. The molecule has 2 aliphatic rings. The molecule has 0 aromatic carbocycles. The minimum absolute atomic E-state index is 0.0575. The monoisotopic (exact) mass is 494 g/mol. The lowest BCUT2D eigenvalue weighted by molar-refractivity contribution is -0.142. The van der Waals surface area contributed by atoms with Crippen LogP contribution in [-0.2, 0) is 10.9 Å². The predicted octanol–water partition coefficient (Wildman–Crippen LogP) is 3.47. The van der Waals surface area contributed by atoms with E-state index in [-0.39, 0.29) is 31.1 Å². The Labute approximate surface area is 198 Å². The van der Waals surface area contributed by atoms with Crippen LogP contribution in [0.25, 0.3) is 5.65 Å². The van der Waals surface area contributed by atoms with Crippen molar-refractivity contribution in [2.24, 2.45) is 0 Å². The number of ether oxygens (including phenoxy) is 4. The average molecular weight is 494 g/mol. The van der Waals surface area contributed by atoms with Gasteiger partial charge in [0.1, 0.15) is 17.5 Å². The fourth-order valence-electron chi connectivity index (χ4n) is 4.46. The second-order valence-electron chi connectivity index (χ2n) is 8.56. The van der Waals surface area contributed by atoms with Crippen LogP contribution in [-0.4, -0.2) is 64.1 Å². The lowest BCUT2D eigenvalue weighted by atomic mass is 9.85. The Bertz CT molecular complexity index is 1200. The van der Waals surface area contributed by atoms with Gasteiger partial charge in [0, 0.05) is 30.4 Å². The third-order valence-electron chi connectivity index (χ3n) is 6.27. The Hall–Kier alpha value is -3.35. The highest BCUT2D eigenvalue weighted by atomic mass is 19.4. The van der Waals surface area contributed by atoms with Crippen molar-refractivity contribution in [2.75, 3.05) is 32.8 Å². The summed E-state index contributed by atoms with van der Waals surface area (Å²) in [6.07, 6.45) is 0.840. The van der Waals surface area contributed by atoms with E-state index in [4.69, 9.17) is 18.9 Å². The molecule has 1 saturated heterocycles. The summed E-state index contributed by atoms with van der Waals surface area (Å²) < 4.78 is 63.3. The van der Waals surface area contributed by atoms with Crippen molar-refractivity contribution in [1.82, 2.24) is 24.6 Å². The molecule has 3 aromatic heterocycles. The van der Waals surface area contributed by atoms with E-state index in [0.29, 0.717) is 23.6 Å². The molecular weight excluding hydrogens is 469 g/mol. The highest BCUT2D eigenvalue weighted by Crippen LogP contribution is 2.38. The zero-order chi connectivity index (χ0) is 24.6. The molecule has 10 nitrogen and oxygen atoms in total. The second-order valence-corrected chi connectivity index (χ2v) is 8.56. The normalized spacial score (nSPS) is 20.9. The first-order valence-corrected chi connectivity index (χ1v) is 11.3. The number of methoxy groups -OCH3 is 2. The topological polar surface area (TPSA) is 105 Å². The third kappa shape index (κ3) is 4.64. The molecule has 0 amide bonds. The van der Waals surface area contributed by atoms with E-state index in [1.54, 1.807) is 20.3 Å². The molecule has 1 aliphatic heterocycles. The number of hydrogen-bond acceptors (Lipinski definition) is 9. The molecule has 1 aliphatic carbocycles. The van der Waals surface area contributed by atoms with Gasteiger partial charge in [-0.2, -0.15) is 18.2 Å². The molecule has 35 heavy (non-hydrogen) atoms. The zero-order valence-electron chi connectivity index (χ0n) is 19.2. The van der Waals surface area contributed by atoms with Crippen molar-refractivity contribution in [3.8, 4) is 17.4 Å². The molecule has 13 heteroatoms. The van der Waals surface area contributed by atoms with E-state index < -0.39 is 23.7 Å². The third-order valence-corrected chi connectivity index (χ3v) is 6.27. The summed E-state index contributed by atoms with van der Waals surface area (Å²) in [5.41, 5.74) is -0.444. The SMILES string of the molecule is COc1ccn2c([C@H]3CCC[C@@H](Nc4ncc(C(F)(F)F)c(OC5COC5)n4)C3)nnc2c1OC. The number of nitrogens with zero attached hydrogens (tertiary/aromatic N) is 5. The van der Waals surface area contributed by atoms with Gasteiger partial charge in [0.2, 0.25) is 23.2 Å². The first kappa shape index (κ1) is 23.4. The summed E-state index contributed by atoms with van der Waals surface area (Å²) in [5.74, 6) is 1.54. The molecule has 5 rings (SSSR count). The van der Waals surface area contributed by atoms with Crippen LogP contribution < -0.4 is 19.5 Å². The van der Waals surface area contributed by atoms with Gasteiger partial charge >= 0.3 is 6.18 Å². The molecule has 2 atom stereocenters. The summed E-state index contributed by atoms with van der Waals surface area (Å²) in [4.78, 5) is 7.96.